The number of hydrogen-bond donors (Lipinski definition) is 2. The minimum atomic E-state index is -0.649. The third-order valence-electron chi connectivity index (χ3n) is 1.46. The molecule has 0 aliphatic carbocycles. The van der Waals surface area contributed by atoms with Gasteiger partial charge in [-0.25, -0.2) is 0 Å². The fraction of sp³-hybridized carbons (Fsp3) is 0.200. The summed E-state index contributed by atoms with van der Waals surface area (Å²) in [5, 5.41) is 0. The quantitative estimate of drug-likeness (QED) is 0.733. The summed E-state index contributed by atoms with van der Waals surface area (Å²) in [5.41, 5.74) is 10.3. The van der Waals surface area contributed by atoms with E-state index >= 15 is 0 Å². The van der Waals surface area contributed by atoms with Gasteiger partial charge in [-0.3, -0.25) is 9.59 Å². The van der Waals surface area contributed by atoms with Gasteiger partial charge in [0.25, 0.3) is 0 Å². The highest BCUT2D eigenvalue weighted by atomic mass is 16.2. The number of hydrogen-bond acceptors (Lipinski definition) is 2. The van der Waals surface area contributed by atoms with E-state index in [0.717, 1.165) is 0 Å². The second-order valence-corrected chi connectivity index (χ2v) is 2.27. The Balaban J connectivity index is 0.000000791. The summed E-state index contributed by atoms with van der Waals surface area (Å²) < 4.78 is 0. The molecule has 4 heteroatoms. The van der Waals surface area contributed by atoms with Crippen LogP contribution in [-0.4, -0.2) is 11.8 Å². The molecule has 0 saturated heterocycles. The molecule has 4 N–H and O–H groups in total. The van der Waals surface area contributed by atoms with E-state index in [1.807, 2.05) is 13.8 Å². The minimum Gasteiger partial charge on any atom is -0.366 e. The van der Waals surface area contributed by atoms with Crippen LogP contribution in [0.2, 0.25) is 0 Å². The molecule has 0 unspecified atom stereocenters. The molecule has 4 nitrogen and oxygen atoms in total. The Morgan fingerprint density at radius 2 is 1.21 bits per heavy atom. The molecule has 1 rings (SSSR count). The average Bonchev–Trinajstić information content (AvgIpc) is 2.20. The van der Waals surface area contributed by atoms with Crippen molar-refractivity contribution in [3.63, 3.8) is 0 Å². The van der Waals surface area contributed by atoms with Crippen molar-refractivity contribution in [2.45, 2.75) is 13.8 Å². The fourth-order valence-electron chi connectivity index (χ4n) is 0.913. The normalized spacial score (nSPS) is 8.43. The van der Waals surface area contributed by atoms with Gasteiger partial charge in [0, 0.05) is 0 Å². The number of rotatable bonds is 2. The summed E-state index contributed by atoms with van der Waals surface area (Å²) in [6, 6.07) is 6.16. The van der Waals surface area contributed by atoms with Crippen LogP contribution in [0.25, 0.3) is 0 Å². The van der Waals surface area contributed by atoms with E-state index in [1.54, 1.807) is 12.1 Å². The Morgan fingerprint density at radius 1 is 0.929 bits per heavy atom. The molecule has 0 aliphatic rings. The van der Waals surface area contributed by atoms with Gasteiger partial charge in [0.05, 0.1) is 11.1 Å². The molecule has 0 fully saturated rings. The van der Waals surface area contributed by atoms with Crippen LogP contribution in [0, 0.1) is 0 Å². The zero-order chi connectivity index (χ0) is 11.1. The lowest BCUT2D eigenvalue weighted by Crippen LogP contribution is -2.20. The maximum Gasteiger partial charge on any atom is 0.249 e. The van der Waals surface area contributed by atoms with Crippen LogP contribution >= 0.6 is 0 Å². The topological polar surface area (TPSA) is 86.2 Å². The summed E-state index contributed by atoms with van der Waals surface area (Å²) in [6.45, 7) is 4.00. The van der Waals surface area contributed by atoms with Crippen molar-refractivity contribution in [3.8, 4) is 0 Å². The maximum absolute atomic E-state index is 10.7. The highest BCUT2D eigenvalue weighted by Crippen LogP contribution is 2.06. The number of carbonyl (C=O) groups excluding carboxylic acids is 2. The smallest absolute Gasteiger partial charge is 0.249 e. The molecule has 0 aliphatic heterocycles. The summed E-state index contributed by atoms with van der Waals surface area (Å²) in [5.74, 6) is -1.30. The largest absolute Gasteiger partial charge is 0.366 e. The van der Waals surface area contributed by atoms with Crippen LogP contribution in [0.15, 0.2) is 24.3 Å². The SMILES string of the molecule is CC.NC(=O)c1ccccc1C(N)=O. The molecule has 0 saturated carbocycles. The highest BCUT2D eigenvalue weighted by Gasteiger charge is 2.10. The van der Waals surface area contributed by atoms with Crippen molar-refractivity contribution < 1.29 is 9.59 Å². The Morgan fingerprint density at radius 3 is 1.43 bits per heavy atom. The third kappa shape index (κ3) is 2.90. The summed E-state index contributed by atoms with van der Waals surface area (Å²) >= 11 is 0. The molecule has 0 radical (unpaired) electrons. The summed E-state index contributed by atoms with van der Waals surface area (Å²) in [6.07, 6.45) is 0. The van der Waals surface area contributed by atoms with Gasteiger partial charge in [-0.05, 0) is 12.1 Å². The van der Waals surface area contributed by atoms with Crippen molar-refractivity contribution in [2.75, 3.05) is 0 Å². The molecule has 1 aromatic rings. The molecule has 0 heterocycles. The first kappa shape index (κ1) is 12.2. The van der Waals surface area contributed by atoms with E-state index in [0.29, 0.717) is 0 Å². The molecule has 2 amide bonds. The van der Waals surface area contributed by atoms with Gasteiger partial charge >= 0.3 is 0 Å². The number of nitrogens with two attached hydrogens (primary N) is 2. The van der Waals surface area contributed by atoms with E-state index < -0.39 is 11.8 Å². The first-order valence-electron chi connectivity index (χ1n) is 4.31. The van der Waals surface area contributed by atoms with Crippen LogP contribution in [0.3, 0.4) is 0 Å². The van der Waals surface area contributed by atoms with Gasteiger partial charge in [0.1, 0.15) is 0 Å². The first-order chi connectivity index (χ1) is 6.63. The molecule has 14 heavy (non-hydrogen) atoms. The summed E-state index contributed by atoms with van der Waals surface area (Å²) in [7, 11) is 0. The van der Waals surface area contributed by atoms with Crippen molar-refractivity contribution in [1.82, 2.24) is 0 Å². The maximum atomic E-state index is 10.7. The standard InChI is InChI=1S/C8H8N2O2.C2H6/c9-7(11)5-3-1-2-4-6(5)8(10)12;1-2/h1-4H,(H2,9,11)(H2,10,12);1-2H3. The molecule has 76 valence electrons. The molecule has 0 aromatic heterocycles. The summed E-state index contributed by atoms with van der Waals surface area (Å²) in [4.78, 5) is 21.5. The highest BCUT2D eigenvalue weighted by molar-refractivity contribution is 6.06. The lowest BCUT2D eigenvalue weighted by atomic mass is 10.1. The number of benzene rings is 1. The Labute approximate surface area is 82.9 Å². The van der Waals surface area contributed by atoms with Crippen LogP contribution in [0.1, 0.15) is 34.6 Å². The van der Waals surface area contributed by atoms with E-state index in [2.05, 4.69) is 0 Å². The Hall–Kier alpha value is -1.84. The number of carbonyl (C=O) groups is 2. The number of primary amides is 2. The predicted molar refractivity (Wildman–Crippen MR) is 54.8 cm³/mol. The van der Waals surface area contributed by atoms with E-state index in [9.17, 15) is 9.59 Å². The lowest BCUT2D eigenvalue weighted by Gasteiger charge is -2.00. The van der Waals surface area contributed by atoms with E-state index in [4.69, 9.17) is 11.5 Å². The molecule has 1 aromatic carbocycles. The van der Waals surface area contributed by atoms with E-state index in [-0.39, 0.29) is 11.1 Å². The van der Waals surface area contributed by atoms with Gasteiger partial charge < -0.3 is 11.5 Å². The average molecular weight is 194 g/mol. The molecule has 0 atom stereocenters. The zero-order valence-corrected chi connectivity index (χ0v) is 8.28. The fourth-order valence-corrected chi connectivity index (χ4v) is 0.913. The molecular formula is C10H14N2O2. The van der Waals surface area contributed by atoms with Crippen LogP contribution in [0.4, 0.5) is 0 Å². The Bertz CT molecular complexity index is 302. The van der Waals surface area contributed by atoms with Crippen molar-refractivity contribution in [1.29, 1.82) is 0 Å². The van der Waals surface area contributed by atoms with Gasteiger partial charge in [0.15, 0.2) is 0 Å². The molecular weight excluding hydrogens is 180 g/mol. The predicted octanol–water partition coefficient (Wildman–Crippen LogP) is 0.911. The minimum absolute atomic E-state index is 0.157. The van der Waals surface area contributed by atoms with E-state index in [1.165, 1.54) is 12.1 Å². The van der Waals surface area contributed by atoms with Crippen LogP contribution < -0.4 is 11.5 Å². The Kier molecular flexibility index (Phi) is 4.99. The van der Waals surface area contributed by atoms with Crippen LogP contribution in [-0.2, 0) is 0 Å². The van der Waals surface area contributed by atoms with Crippen molar-refractivity contribution in [2.24, 2.45) is 11.5 Å². The lowest BCUT2D eigenvalue weighted by molar-refractivity contribution is 0.0967. The van der Waals surface area contributed by atoms with Crippen LogP contribution in [0.5, 0.6) is 0 Å². The second-order valence-electron chi connectivity index (χ2n) is 2.27. The first-order valence-corrected chi connectivity index (χ1v) is 4.31. The second kappa shape index (κ2) is 5.75. The van der Waals surface area contributed by atoms with Gasteiger partial charge in [-0.1, -0.05) is 26.0 Å². The van der Waals surface area contributed by atoms with Gasteiger partial charge in [0.2, 0.25) is 11.8 Å². The van der Waals surface area contributed by atoms with Crippen molar-refractivity contribution in [3.05, 3.63) is 35.4 Å². The molecule has 0 bridgehead atoms. The van der Waals surface area contributed by atoms with Gasteiger partial charge in [-0.2, -0.15) is 0 Å². The zero-order valence-electron chi connectivity index (χ0n) is 8.28. The van der Waals surface area contributed by atoms with Gasteiger partial charge in [-0.15, -0.1) is 0 Å². The monoisotopic (exact) mass is 194 g/mol. The van der Waals surface area contributed by atoms with Crippen molar-refractivity contribution >= 4 is 11.8 Å². The molecule has 0 spiro atoms. The third-order valence-corrected chi connectivity index (χ3v) is 1.46. The number of amides is 2.